The van der Waals surface area contributed by atoms with Crippen LogP contribution in [0.3, 0.4) is 0 Å². The van der Waals surface area contributed by atoms with Crippen LogP contribution in [0.15, 0.2) is 36.4 Å². The molecule has 120 valence electrons. The molecule has 0 saturated carbocycles. The number of nitrogens with zero attached hydrogens (tertiary/aromatic N) is 2. The van der Waals surface area contributed by atoms with Crippen molar-refractivity contribution in [2.75, 3.05) is 5.32 Å². The summed E-state index contributed by atoms with van der Waals surface area (Å²) in [5.74, 6) is 0.701. The molecule has 2 aromatic rings. The molecule has 3 N–H and O–H groups in total. The third kappa shape index (κ3) is 5.50. The fraction of sp³-hybridized carbons (Fsp3) is 0.375. The van der Waals surface area contributed by atoms with Gasteiger partial charge >= 0.3 is 0 Å². The lowest BCUT2D eigenvalue weighted by atomic mass is 10.2. The number of hydrogen-bond donors (Lipinski definition) is 2. The third-order valence-corrected chi connectivity index (χ3v) is 3.17. The lowest BCUT2D eigenvalue weighted by Gasteiger charge is -2.10. The normalized spacial score (nSPS) is 11.6. The van der Waals surface area contributed by atoms with Crippen molar-refractivity contribution >= 4 is 24.1 Å². The minimum atomic E-state index is -0.0264. The zero-order valence-electron chi connectivity index (χ0n) is 13.0. The molecule has 1 atom stereocenters. The molecule has 0 radical (unpaired) electrons. The van der Waals surface area contributed by atoms with Crippen LogP contribution in [-0.2, 0) is 11.3 Å². The van der Waals surface area contributed by atoms with E-state index >= 15 is 0 Å². The number of anilines is 1. The van der Waals surface area contributed by atoms with Crippen LogP contribution in [0.1, 0.15) is 31.0 Å². The quantitative estimate of drug-likeness (QED) is 0.858. The summed E-state index contributed by atoms with van der Waals surface area (Å²) in [5, 5.41) is 7.34. The Labute approximate surface area is 137 Å². The zero-order valence-corrected chi connectivity index (χ0v) is 13.8. The number of benzene rings is 1. The summed E-state index contributed by atoms with van der Waals surface area (Å²) < 4.78 is 1.81. The number of nitrogens with one attached hydrogen (secondary N) is 1. The van der Waals surface area contributed by atoms with E-state index in [1.54, 1.807) is 0 Å². The second kappa shape index (κ2) is 8.56. The highest BCUT2D eigenvalue weighted by Crippen LogP contribution is 2.13. The molecule has 1 heterocycles. The van der Waals surface area contributed by atoms with E-state index in [-0.39, 0.29) is 24.4 Å². The number of aryl methyl sites for hydroxylation is 1. The second-order valence-electron chi connectivity index (χ2n) is 5.38. The Morgan fingerprint density at radius 1 is 1.36 bits per heavy atom. The van der Waals surface area contributed by atoms with Gasteiger partial charge in [-0.15, -0.1) is 12.4 Å². The van der Waals surface area contributed by atoms with E-state index in [2.05, 4.69) is 10.4 Å². The van der Waals surface area contributed by atoms with Crippen molar-refractivity contribution in [2.45, 2.75) is 39.3 Å². The van der Waals surface area contributed by atoms with E-state index < -0.39 is 0 Å². The van der Waals surface area contributed by atoms with Gasteiger partial charge in [0.05, 0.1) is 12.2 Å². The van der Waals surface area contributed by atoms with E-state index in [9.17, 15) is 4.79 Å². The molecule has 2 rings (SSSR count). The Morgan fingerprint density at radius 3 is 2.68 bits per heavy atom. The first-order valence-electron chi connectivity index (χ1n) is 7.18. The van der Waals surface area contributed by atoms with E-state index in [4.69, 9.17) is 5.73 Å². The summed E-state index contributed by atoms with van der Waals surface area (Å²) in [6.45, 7) is 4.45. The minimum Gasteiger partial charge on any atom is -0.328 e. The standard InChI is InChI=1S/C16H22N4O.ClH/c1-12(17)8-9-16(21)18-15-10-13(2)19-20(15)11-14-6-4-3-5-7-14;/h3-7,10,12H,8-9,11,17H2,1-2H3,(H,18,21);1H. The lowest BCUT2D eigenvalue weighted by Crippen LogP contribution is -2.20. The van der Waals surface area contributed by atoms with Crippen molar-refractivity contribution in [3.63, 3.8) is 0 Å². The largest absolute Gasteiger partial charge is 0.328 e. The Kier molecular flexibility index (Phi) is 7.08. The fourth-order valence-corrected chi connectivity index (χ4v) is 2.09. The van der Waals surface area contributed by atoms with Gasteiger partial charge in [0.1, 0.15) is 5.82 Å². The van der Waals surface area contributed by atoms with Gasteiger partial charge in [-0.3, -0.25) is 4.79 Å². The summed E-state index contributed by atoms with van der Waals surface area (Å²) in [5.41, 5.74) is 7.70. The van der Waals surface area contributed by atoms with Gasteiger partial charge in [0.15, 0.2) is 0 Å². The molecule has 1 aromatic heterocycles. The molecule has 0 bridgehead atoms. The van der Waals surface area contributed by atoms with E-state index in [1.807, 2.05) is 54.9 Å². The van der Waals surface area contributed by atoms with Crippen molar-refractivity contribution in [1.29, 1.82) is 0 Å². The van der Waals surface area contributed by atoms with Crippen LogP contribution in [0.5, 0.6) is 0 Å². The van der Waals surface area contributed by atoms with Crippen LogP contribution in [0.2, 0.25) is 0 Å². The predicted octanol–water partition coefficient (Wildman–Crippen LogP) is 2.73. The van der Waals surface area contributed by atoms with Gasteiger partial charge in [-0.1, -0.05) is 30.3 Å². The monoisotopic (exact) mass is 322 g/mol. The molecule has 1 unspecified atom stereocenters. The number of amides is 1. The maximum absolute atomic E-state index is 11.9. The lowest BCUT2D eigenvalue weighted by molar-refractivity contribution is -0.116. The summed E-state index contributed by atoms with van der Waals surface area (Å²) in [7, 11) is 0. The first kappa shape index (κ1) is 18.2. The van der Waals surface area contributed by atoms with Gasteiger partial charge < -0.3 is 11.1 Å². The van der Waals surface area contributed by atoms with Gasteiger partial charge in [-0.2, -0.15) is 5.10 Å². The molecule has 1 aromatic carbocycles. The van der Waals surface area contributed by atoms with Crippen molar-refractivity contribution in [1.82, 2.24) is 9.78 Å². The molecule has 0 spiro atoms. The number of carbonyl (C=O) groups excluding carboxylic acids is 1. The summed E-state index contributed by atoms with van der Waals surface area (Å²) in [4.78, 5) is 11.9. The Bertz CT molecular complexity index is 595. The number of halogens is 1. The molecular weight excluding hydrogens is 300 g/mol. The predicted molar refractivity (Wildman–Crippen MR) is 91.3 cm³/mol. The smallest absolute Gasteiger partial charge is 0.225 e. The zero-order chi connectivity index (χ0) is 15.2. The Morgan fingerprint density at radius 2 is 2.05 bits per heavy atom. The molecule has 0 saturated heterocycles. The number of hydrogen-bond acceptors (Lipinski definition) is 3. The van der Waals surface area contributed by atoms with Crippen LogP contribution >= 0.6 is 12.4 Å². The van der Waals surface area contributed by atoms with Crippen molar-refractivity contribution in [3.05, 3.63) is 47.7 Å². The van der Waals surface area contributed by atoms with Gasteiger partial charge in [0.25, 0.3) is 0 Å². The highest BCUT2D eigenvalue weighted by atomic mass is 35.5. The minimum absolute atomic E-state index is 0. The van der Waals surface area contributed by atoms with Crippen molar-refractivity contribution in [3.8, 4) is 0 Å². The number of rotatable bonds is 6. The SMILES string of the molecule is Cc1cc(NC(=O)CCC(C)N)n(Cc2ccccc2)n1.Cl. The van der Waals surface area contributed by atoms with Crippen molar-refractivity contribution < 1.29 is 4.79 Å². The maximum atomic E-state index is 11.9. The summed E-state index contributed by atoms with van der Waals surface area (Å²) >= 11 is 0. The van der Waals surface area contributed by atoms with Gasteiger partial charge in [0.2, 0.25) is 5.91 Å². The van der Waals surface area contributed by atoms with Crippen molar-refractivity contribution in [2.24, 2.45) is 5.73 Å². The molecule has 22 heavy (non-hydrogen) atoms. The molecular formula is C16H23ClN4O. The number of carbonyl (C=O) groups is 1. The second-order valence-corrected chi connectivity index (χ2v) is 5.38. The maximum Gasteiger partial charge on any atom is 0.225 e. The third-order valence-electron chi connectivity index (χ3n) is 3.17. The van der Waals surface area contributed by atoms with Gasteiger partial charge in [-0.05, 0) is 25.8 Å². The average molecular weight is 323 g/mol. The fourth-order valence-electron chi connectivity index (χ4n) is 2.09. The van der Waals surface area contributed by atoms with Gasteiger partial charge in [-0.25, -0.2) is 4.68 Å². The molecule has 0 fully saturated rings. The van der Waals surface area contributed by atoms with E-state index in [0.29, 0.717) is 19.4 Å². The van der Waals surface area contributed by atoms with Crippen LogP contribution in [0.4, 0.5) is 5.82 Å². The number of aromatic nitrogens is 2. The van der Waals surface area contributed by atoms with E-state index in [0.717, 1.165) is 17.1 Å². The first-order valence-corrected chi connectivity index (χ1v) is 7.18. The molecule has 1 amide bonds. The van der Waals surface area contributed by atoms with Crippen LogP contribution in [0, 0.1) is 6.92 Å². The Hall–Kier alpha value is -1.85. The number of nitrogens with two attached hydrogens (primary N) is 1. The van der Waals surface area contributed by atoms with E-state index in [1.165, 1.54) is 0 Å². The van der Waals surface area contributed by atoms with Crippen LogP contribution in [-0.4, -0.2) is 21.7 Å². The molecule has 6 heteroatoms. The molecule has 0 aliphatic rings. The molecule has 0 aliphatic heterocycles. The molecule has 0 aliphatic carbocycles. The van der Waals surface area contributed by atoms with Crippen LogP contribution in [0.25, 0.3) is 0 Å². The van der Waals surface area contributed by atoms with Crippen LogP contribution < -0.4 is 11.1 Å². The summed E-state index contributed by atoms with van der Waals surface area (Å²) in [6, 6.07) is 12.0. The first-order chi connectivity index (χ1) is 10.0. The highest BCUT2D eigenvalue weighted by Gasteiger charge is 2.10. The highest BCUT2D eigenvalue weighted by molar-refractivity contribution is 5.89. The topological polar surface area (TPSA) is 72.9 Å². The average Bonchev–Trinajstić information content (AvgIpc) is 2.77. The molecule has 5 nitrogen and oxygen atoms in total. The Balaban J connectivity index is 0.00000242. The van der Waals surface area contributed by atoms with Gasteiger partial charge in [0, 0.05) is 18.5 Å². The summed E-state index contributed by atoms with van der Waals surface area (Å²) in [6.07, 6.45) is 1.10.